The van der Waals surface area contributed by atoms with Crippen molar-refractivity contribution < 1.29 is 9.53 Å². The van der Waals surface area contributed by atoms with E-state index in [1.165, 1.54) is 0 Å². The molecule has 0 atom stereocenters. The van der Waals surface area contributed by atoms with Crippen LogP contribution >= 0.6 is 11.3 Å². The van der Waals surface area contributed by atoms with E-state index in [1.807, 2.05) is 18.2 Å². The quantitative estimate of drug-likeness (QED) is 0.904. The molecule has 1 fully saturated rings. The van der Waals surface area contributed by atoms with Gasteiger partial charge in [-0.1, -0.05) is 0 Å². The summed E-state index contributed by atoms with van der Waals surface area (Å²) >= 11 is 1.56. The molecule has 1 aromatic heterocycles. The molecule has 2 heterocycles. The number of piperidine rings is 1. The van der Waals surface area contributed by atoms with Crippen molar-refractivity contribution in [2.24, 2.45) is 0 Å². The maximum Gasteiger partial charge on any atom is 0.250 e. The fourth-order valence-electron chi connectivity index (χ4n) is 2.29. The minimum absolute atomic E-state index is 0.104. The van der Waals surface area contributed by atoms with Gasteiger partial charge in [0, 0.05) is 5.69 Å². The molecule has 5 nitrogen and oxygen atoms in total. The molecule has 0 spiro atoms. The lowest BCUT2D eigenvalue weighted by Gasteiger charge is -2.22. The first-order valence-corrected chi connectivity index (χ1v) is 7.64. The summed E-state index contributed by atoms with van der Waals surface area (Å²) < 4.78 is 6.70. The zero-order chi connectivity index (χ0) is 13.8. The summed E-state index contributed by atoms with van der Waals surface area (Å²) in [5.41, 5.74) is 3.55. The molecule has 20 heavy (non-hydrogen) atoms. The van der Waals surface area contributed by atoms with Crippen LogP contribution in [0, 0.1) is 0 Å². The average Bonchev–Trinajstić information content (AvgIpc) is 2.94. The van der Waals surface area contributed by atoms with Crippen molar-refractivity contribution in [1.82, 2.24) is 10.3 Å². The van der Waals surface area contributed by atoms with E-state index in [-0.39, 0.29) is 18.6 Å². The smallest absolute Gasteiger partial charge is 0.250 e. The highest BCUT2D eigenvalue weighted by Gasteiger charge is 2.14. The predicted molar refractivity (Wildman–Crippen MR) is 80.1 cm³/mol. The van der Waals surface area contributed by atoms with Crippen LogP contribution in [0.1, 0.15) is 12.8 Å². The Morgan fingerprint density at radius 1 is 1.45 bits per heavy atom. The molecule has 6 heteroatoms. The number of thiazole rings is 1. The fourth-order valence-corrected chi connectivity index (χ4v) is 3.00. The van der Waals surface area contributed by atoms with E-state index in [2.05, 4.69) is 15.6 Å². The van der Waals surface area contributed by atoms with Gasteiger partial charge in [-0.15, -0.1) is 11.3 Å². The summed E-state index contributed by atoms with van der Waals surface area (Å²) in [6.07, 6.45) is 2.14. The molecule has 0 unspecified atom stereocenters. The zero-order valence-corrected chi connectivity index (χ0v) is 11.9. The third-order valence-corrected chi connectivity index (χ3v) is 4.14. The number of carbonyl (C=O) groups is 1. The van der Waals surface area contributed by atoms with Gasteiger partial charge in [-0.05, 0) is 44.1 Å². The zero-order valence-electron chi connectivity index (χ0n) is 11.1. The molecule has 2 aromatic rings. The Bertz CT molecular complexity index is 593. The Balaban J connectivity index is 1.52. The summed E-state index contributed by atoms with van der Waals surface area (Å²) in [6.45, 7) is 2.05. The number of aromatic nitrogens is 1. The Labute approximate surface area is 121 Å². The van der Waals surface area contributed by atoms with Gasteiger partial charge in [0.2, 0.25) is 5.91 Å². The number of nitrogens with one attached hydrogen (secondary N) is 2. The first kappa shape index (κ1) is 13.5. The molecular weight excluding hydrogens is 274 g/mol. The highest BCUT2D eigenvalue weighted by atomic mass is 32.1. The first-order valence-electron chi connectivity index (χ1n) is 6.77. The number of hydrogen-bond donors (Lipinski definition) is 2. The van der Waals surface area contributed by atoms with E-state index in [9.17, 15) is 4.79 Å². The van der Waals surface area contributed by atoms with Gasteiger partial charge in [0.15, 0.2) is 0 Å². The molecule has 1 aliphatic rings. The minimum atomic E-state index is -0.104. The summed E-state index contributed by atoms with van der Waals surface area (Å²) in [5, 5.41) is 6.13. The molecule has 2 N–H and O–H groups in total. The lowest BCUT2D eigenvalue weighted by Crippen LogP contribution is -2.34. The van der Waals surface area contributed by atoms with Crippen LogP contribution in [0.15, 0.2) is 23.7 Å². The summed E-state index contributed by atoms with van der Waals surface area (Å²) in [5.74, 6) is -0.104. The molecule has 3 rings (SSSR count). The molecule has 0 aliphatic carbocycles. The number of fused-ring (bicyclic) bond motifs is 1. The second-order valence-electron chi connectivity index (χ2n) is 4.84. The van der Waals surface area contributed by atoms with Crippen molar-refractivity contribution in [3.63, 3.8) is 0 Å². The lowest BCUT2D eigenvalue weighted by atomic mass is 10.1. The molecule has 0 bridgehead atoms. The topological polar surface area (TPSA) is 63.2 Å². The van der Waals surface area contributed by atoms with Gasteiger partial charge in [-0.2, -0.15) is 0 Å². The molecule has 1 saturated heterocycles. The number of hydrogen-bond acceptors (Lipinski definition) is 5. The van der Waals surface area contributed by atoms with Gasteiger partial charge in [-0.3, -0.25) is 4.79 Å². The molecule has 1 amide bonds. The van der Waals surface area contributed by atoms with Crippen LogP contribution in [0.4, 0.5) is 5.69 Å². The van der Waals surface area contributed by atoms with Crippen molar-refractivity contribution in [2.75, 3.05) is 25.0 Å². The van der Waals surface area contributed by atoms with Gasteiger partial charge >= 0.3 is 0 Å². The maximum absolute atomic E-state index is 11.9. The number of nitrogens with zero attached hydrogens (tertiary/aromatic N) is 1. The van der Waals surface area contributed by atoms with Crippen molar-refractivity contribution >= 4 is 33.1 Å². The largest absolute Gasteiger partial charge is 0.368 e. The second kappa shape index (κ2) is 6.30. The Morgan fingerprint density at radius 3 is 3.15 bits per heavy atom. The summed E-state index contributed by atoms with van der Waals surface area (Å²) in [6, 6.07) is 5.72. The third-order valence-electron chi connectivity index (χ3n) is 3.35. The molecule has 106 valence electrons. The van der Waals surface area contributed by atoms with E-state index >= 15 is 0 Å². The van der Waals surface area contributed by atoms with Crippen LogP contribution in [0.25, 0.3) is 10.2 Å². The standard InChI is InChI=1S/C14H17N3O2S/c18-14(8-19-11-3-5-15-6-4-11)17-10-1-2-12-13(7-10)20-9-16-12/h1-2,7,9,11,15H,3-6,8H2,(H,17,18). The highest BCUT2D eigenvalue weighted by Crippen LogP contribution is 2.21. The van der Waals surface area contributed by atoms with Crippen LogP contribution in [0.3, 0.4) is 0 Å². The van der Waals surface area contributed by atoms with E-state index in [0.29, 0.717) is 0 Å². The van der Waals surface area contributed by atoms with Crippen LogP contribution in [-0.2, 0) is 9.53 Å². The van der Waals surface area contributed by atoms with Crippen LogP contribution < -0.4 is 10.6 Å². The van der Waals surface area contributed by atoms with Gasteiger partial charge in [0.1, 0.15) is 6.61 Å². The van der Waals surface area contributed by atoms with Crippen molar-refractivity contribution in [2.45, 2.75) is 18.9 Å². The Morgan fingerprint density at radius 2 is 2.30 bits per heavy atom. The fraction of sp³-hybridized carbons (Fsp3) is 0.429. The number of anilines is 1. The maximum atomic E-state index is 11.9. The van der Waals surface area contributed by atoms with Gasteiger partial charge in [0.25, 0.3) is 0 Å². The number of amides is 1. The number of carbonyl (C=O) groups excluding carboxylic acids is 1. The molecular formula is C14H17N3O2S. The van der Waals surface area contributed by atoms with Crippen molar-refractivity contribution in [1.29, 1.82) is 0 Å². The van der Waals surface area contributed by atoms with Gasteiger partial charge in [0.05, 0.1) is 21.8 Å². The minimum Gasteiger partial charge on any atom is -0.368 e. The Kier molecular flexibility index (Phi) is 4.25. The lowest BCUT2D eigenvalue weighted by molar-refractivity contribution is -0.123. The summed E-state index contributed by atoms with van der Waals surface area (Å²) in [4.78, 5) is 16.1. The first-order chi connectivity index (χ1) is 9.81. The van der Waals surface area contributed by atoms with Crippen molar-refractivity contribution in [3.05, 3.63) is 23.7 Å². The Hall–Kier alpha value is -1.50. The molecule has 1 aromatic carbocycles. The average molecular weight is 291 g/mol. The second-order valence-corrected chi connectivity index (χ2v) is 5.73. The van der Waals surface area contributed by atoms with Gasteiger partial charge in [-0.25, -0.2) is 4.98 Å². The number of ether oxygens (including phenoxy) is 1. The van der Waals surface area contributed by atoms with E-state index < -0.39 is 0 Å². The van der Waals surface area contributed by atoms with E-state index in [1.54, 1.807) is 16.8 Å². The normalized spacial score (nSPS) is 16.4. The monoisotopic (exact) mass is 291 g/mol. The molecule has 0 saturated carbocycles. The molecule has 1 aliphatic heterocycles. The van der Waals surface area contributed by atoms with E-state index in [0.717, 1.165) is 41.8 Å². The highest BCUT2D eigenvalue weighted by molar-refractivity contribution is 7.16. The number of rotatable bonds is 4. The van der Waals surface area contributed by atoms with Crippen molar-refractivity contribution in [3.8, 4) is 0 Å². The summed E-state index contributed by atoms with van der Waals surface area (Å²) in [7, 11) is 0. The van der Waals surface area contributed by atoms with Crippen LogP contribution in [0.2, 0.25) is 0 Å². The molecule has 0 radical (unpaired) electrons. The number of benzene rings is 1. The SMILES string of the molecule is O=C(COC1CCNCC1)Nc1ccc2ncsc2c1. The van der Waals surface area contributed by atoms with Crippen LogP contribution in [0.5, 0.6) is 0 Å². The predicted octanol–water partition coefficient (Wildman–Crippen LogP) is 2.00. The third kappa shape index (κ3) is 3.33. The van der Waals surface area contributed by atoms with Crippen LogP contribution in [-0.4, -0.2) is 36.7 Å². The van der Waals surface area contributed by atoms with Gasteiger partial charge < -0.3 is 15.4 Å². The van der Waals surface area contributed by atoms with E-state index in [4.69, 9.17) is 4.74 Å².